The molecule has 3 N–H and O–H groups in total. The van der Waals surface area contributed by atoms with E-state index in [9.17, 15) is 13.2 Å². The molecule has 2 aromatic carbocycles. The van der Waals surface area contributed by atoms with E-state index < -0.39 is 11.7 Å². The molecule has 0 heterocycles. The van der Waals surface area contributed by atoms with Crippen LogP contribution < -0.4 is 15.8 Å². The Labute approximate surface area is 120 Å². The first kappa shape index (κ1) is 15.2. The van der Waals surface area contributed by atoms with Crippen LogP contribution in [-0.4, -0.2) is 13.2 Å². The molecule has 0 atom stereocenters. The molecule has 0 spiro atoms. The Balaban J connectivity index is 2.07. The summed E-state index contributed by atoms with van der Waals surface area (Å²) in [6, 6.07) is 12.0. The number of nitrogens with two attached hydrogens (primary N) is 1. The zero-order valence-electron chi connectivity index (χ0n) is 11.2. The van der Waals surface area contributed by atoms with Crippen molar-refractivity contribution in [3.05, 3.63) is 54.1 Å². The minimum absolute atomic E-state index is 0.406. The van der Waals surface area contributed by atoms with E-state index in [4.69, 9.17) is 10.5 Å². The zero-order chi connectivity index (χ0) is 15.3. The third-order valence-corrected chi connectivity index (χ3v) is 2.72. The molecule has 6 heteroatoms. The number of benzene rings is 2. The summed E-state index contributed by atoms with van der Waals surface area (Å²) in [4.78, 5) is 0. The maximum atomic E-state index is 12.5. The van der Waals surface area contributed by atoms with E-state index in [1.54, 1.807) is 24.3 Å². The highest BCUT2D eigenvalue weighted by Gasteiger charge is 2.29. The Morgan fingerprint density at radius 2 is 1.71 bits per heavy atom. The van der Waals surface area contributed by atoms with Crippen molar-refractivity contribution in [2.24, 2.45) is 5.73 Å². The van der Waals surface area contributed by atoms with Crippen LogP contribution in [0.3, 0.4) is 0 Å². The maximum absolute atomic E-state index is 12.5. The summed E-state index contributed by atoms with van der Waals surface area (Å²) in [5.41, 5.74) is 5.98. The van der Waals surface area contributed by atoms with E-state index in [1.807, 2.05) is 0 Å². The average molecular weight is 296 g/mol. The van der Waals surface area contributed by atoms with Crippen LogP contribution in [0.4, 0.5) is 24.5 Å². The van der Waals surface area contributed by atoms with Gasteiger partial charge in [0.1, 0.15) is 12.4 Å². The second-order valence-electron chi connectivity index (χ2n) is 4.37. The molecule has 2 aromatic rings. The van der Waals surface area contributed by atoms with Crippen LogP contribution in [0.1, 0.15) is 5.56 Å². The largest absolute Gasteiger partial charge is 0.492 e. The van der Waals surface area contributed by atoms with Crippen LogP contribution >= 0.6 is 0 Å². The Bertz CT molecular complexity index is 582. The molecule has 0 aliphatic carbocycles. The molecule has 0 saturated carbocycles. The molecule has 21 heavy (non-hydrogen) atoms. The fourth-order valence-electron chi connectivity index (χ4n) is 1.75. The van der Waals surface area contributed by atoms with Crippen molar-refractivity contribution in [3.8, 4) is 5.75 Å². The lowest BCUT2D eigenvalue weighted by molar-refractivity contribution is -0.137. The standard InChI is InChI=1S/C15H15F3N2O/c16-15(17,18)11-4-6-12(7-5-11)20-13-2-1-3-14(10-13)21-9-8-19/h1-7,10,20H,8-9,19H2. The van der Waals surface area contributed by atoms with Crippen molar-refractivity contribution < 1.29 is 17.9 Å². The molecule has 2 rings (SSSR count). The molecule has 3 nitrogen and oxygen atoms in total. The summed E-state index contributed by atoms with van der Waals surface area (Å²) < 4.78 is 42.8. The van der Waals surface area contributed by atoms with Crippen LogP contribution in [0, 0.1) is 0 Å². The van der Waals surface area contributed by atoms with Gasteiger partial charge in [-0.2, -0.15) is 13.2 Å². The highest BCUT2D eigenvalue weighted by molar-refractivity contribution is 5.61. The summed E-state index contributed by atoms with van der Waals surface area (Å²) in [6.07, 6.45) is -4.32. The Kier molecular flexibility index (Phi) is 4.70. The summed E-state index contributed by atoms with van der Waals surface area (Å²) in [5.74, 6) is 0.650. The van der Waals surface area contributed by atoms with Crippen molar-refractivity contribution in [3.63, 3.8) is 0 Å². The first-order chi connectivity index (χ1) is 9.99. The van der Waals surface area contributed by atoms with Crippen LogP contribution in [0.25, 0.3) is 0 Å². The van der Waals surface area contributed by atoms with Crippen molar-refractivity contribution in [2.75, 3.05) is 18.5 Å². The van der Waals surface area contributed by atoms with Gasteiger partial charge in [-0.3, -0.25) is 0 Å². The van der Waals surface area contributed by atoms with Gasteiger partial charge in [0.25, 0.3) is 0 Å². The van der Waals surface area contributed by atoms with E-state index >= 15 is 0 Å². The van der Waals surface area contributed by atoms with E-state index in [0.717, 1.165) is 17.8 Å². The quantitative estimate of drug-likeness (QED) is 0.882. The predicted molar refractivity (Wildman–Crippen MR) is 75.7 cm³/mol. The highest BCUT2D eigenvalue weighted by Crippen LogP contribution is 2.30. The number of hydrogen-bond acceptors (Lipinski definition) is 3. The monoisotopic (exact) mass is 296 g/mol. The van der Waals surface area contributed by atoms with E-state index in [1.165, 1.54) is 12.1 Å². The molecule has 0 saturated heterocycles. The highest BCUT2D eigenvalue weighted by atomic mass is 19.4. The van der Waals surface area contributed by atoms with Gasteiger partial charge in [-0.15, -0.1) is 0 Å². The van der Waals surface area contributed by atoms with Crippen molar-refractivity contribution in [1.29, 1.82) is 0 Å². The molecule has 0 unspecified atom stereocenters. The number of halogens is 3. The normalized spacial score (nSPS) is 11.2. The molecular weight excluding hydrogens is 281 g/mol. The Morgan fingerprint density at radius 1 is 1.00 bits per heavy atom. The first-order valence-corrected chi connectivity index (χ1v) is 6.36. The van der Waals surface area contributed by atoms with Gasteiger partial charge in [0.15, 0.2) is 0 Å². The summed E-state index contributed by atoms with van der Waals surface area (Å²) in [5, 5.41) is 3.02. The second kappa shape index (κ2) is 6.49. The summed E-state index contributed by atoms with van der Waals surface area (Å²) in [6.45, 7) is 0.820. The molecule has 0 fully saturated rings. The molecule has 0 bridgehead atoms. The topological polar surface area (TPSA) is 47.3 Å². The lowest BCUT2D eigenvalue weighted by Gasteiger charge is -2.11. The maximum Gasteiger partial charge on any atom is 0.416 e. The predicted octanol–water partition coefficient (Wildman–Crippen LogP) is 3.79. The molecule has 0 radical (unpaired) electrons. The minimum atomic E-state index is -4.32. The third kappa shape index (κ3) is 4.39. The van der Waals surface area contributed by atoms with Crippen LogP contribution in [0.15, 0.2) is 48.5 Å². The van der Waals surface area contributed by atoms with E-state index in [0.29, 0.717) is 24.6 Å². The lowest BCUT2D eigenvalue weighted by atomic mass is 10.2. The van der Waals surface area contributed by atoms with Crippen LogP contribution in [0.2, 0.25) is 0 Å². The lowest BCUT2D eigenvalue weighted by Crippen LogP contribution is -2.10. The molecule has 0 amide bonds. The van der Waals surface area contributed by atoms with Crippen LogP contribution in [-0.2, 0) is 6.18 Å². The van der Waals surface area contributed by atoms with Gasteiger partial charge in [-0.1, -0.05) is 6.07 Å². The van der Waals surface area contributed by atoms with E-state index in [2.05, 4.69) is 5.32 Å². The van der Waals surface area contributed by atoms with Gasteiger partial charge in [0.2, 0.25) is 0 Å². The van der Waals surface area contributed by atoms with Gasteiger partial charge in [0, 0.05) is 24.0 Å². The molecule has 0 aliphatic heterocycles. The minimum Gasteiger partial charge on any atom is -0.492 e. The smallest absolute Gasteiger partial charge is 0.416 e. The van der Waals surface area contributed by atoms with E-state index in [-0.39, 0.29) is 0 Å². The van der Waals surface area contributed by atoms with Gasteiger partial charge >= 0.3 is 6.18 Å². The number of hydrogen-bond donors (Lipinski definition) is 2. The zero-order valence-corrected chi connectivity index (χ0v) is 11.2. The Morgan fingerprint density at radius 3 is 2.33 bits per heavy atom. The molecule has 0 aromatic heterocycles. The first-order valence-electron chi connectivity index (χ1n) is 6.36. The number of nitrogens with one attached hydrogen (secondary N) is 1. The Hall–Kier alpha value is -2.21. The van der Waals surface area contributed by atoms with Crippen LogP contribution in [0.5, 0.6) is 5.75 Å². The summed E-state index contributed by atoms with van der Waals surface area (Å²) >= 11 is 0. The van der Waals surface area contributed by atoms with Gasteiger partial charge in [-0.05, 0) is 36.4 Å². The molecule has 0 aliphatic rings. The van der Waals surface area contributed by atoms with Crippen molar-refractivity contribution in [1.82, 2.24) is 0 Å². The fraction of sp³-hybridized carbons (Fsp3) is 0.200. The number of anilines is 2. The number of alkyl halides is 3. The van der Waals surface area contributed by atoms with Crippen molar-refractivity contribution in [2.45, 2.75) is 6.18 Å². The SMILES string of the molecule is NCCOc1cccc(Nc2ccc(C(F)(F)F)cc2)c1. The third-order valence-electron chi connectivity index (χ3n) is 2.72. The summed E-state index contributed by atoms with van der Waals surface area (Å²) in [7, 11) is 0. The molecule has 112 valence electrons. The van der Waals surface area contributed by atoms with Gasteiger partial charge < -0.3 is 15.8 Å². The number of ether oxygens (including phenoxy) is 1. The molecular formula is C15H15F3N2O. The van der Waals surface area contributed by atoms with Gasteiger partial charge in [-0.25, -0.2) is 0 Å². The van der Waals surface area contributed by atoms with Gasteiger partial charge in [0.05, 0.1) is 5.56 Å². The van der Waals surface area contributed by atoms with Crippen molar-refractivity contribution >= 4 is 11.4 Å². The average Bonchev–Trinajstić information content (AvgIpc) is 2.45. The fourth-order valence-corrected chi connectivity index (χ4v) is 1.75. The second-order valence-corrected chi connectivity index (χ2v) is 4.37. The number of rotatable bonds is 5.